The molecule has 2 rings (SSSR count). The summed E-state index contributed by atoms with van der Waals surface area (Å²) in [6, 6.07) is 5.01. The van der Waals surface area contributed by atoms with Crippen molar-refractivity contribution in [2.24, 2.45) is 5.73 Å². The fraction of sp³-hybridized carbons (Fsp3) is 0.571. The van der Waals surface area contributed by atoms with Gasteiger partial charge in [-0.2, -0.15) is 0 Å². The van der Waals surface area contributed by atoms with E-state index in [1.54, 1.807) is 0 Å². The molecule has 2 N–H and O–H groups in total. The molecule has 4 heteroatoms. The van der Waals surface area contributed by atoms with Crippen LogP contribution in [-0.4, -0.2) is 23.5 Å². The Hall–Kier alpha value is -0.450. The quantitative estimate of drug-likeness (QED) is 0.925. The number of likely N-dealkylation sites (tertiary alicyclic amines) is 1. The van der Waals surface area contributed by atoms with Gasteiger partial charge in [-0.3, -0.25) is 4.90 Å². The largest absolute Gasteiger partial charge is 0.329 e. The second-order valence-electron chi connectivity index (χ2n) is 5.53. The maximum atomic E-state index is 13.2. The minimum Gasteiger partial charge on any atom is -0.329 e. The Morgan fingerprint density at radius 1 is 1.50 bits per heavy atom. The molecule has 1 heterocycles. The van der Waals surface area contributed by atoms with Gasteiger partial charge >= 0.3 is 0 Å². The van der Waals surface area contributed by atoms with E-state index >= 15 is 0 Å². The average molecular weight is 315 g/mol. The highest BCUT2D eigenvalue weighted by Crippen LogP contribution is 2.38. The molecule has 0 bridgehead atoms. The lowest BCUT2D eigenvalue weighted by molar-refractivity contribution is 0.118. The van der Waals surface area contributed by atoms with Gasteiger partial charge < -0.3 is 5.73 Å². The van der Waals surface area contributed by atoms with Crippen LogP contribution in [0.25, 0.3) is 0 Å². The van der Waals surface area contributed by atoms with Gasteiger partial charge in [0, 0.05) is 22.6 Å². The maximum Gasteiger partial charge on any atom is 0.124 e. The molecule has 1 aromatic rings. The Balaban J connectivity index is 2.33. The molecule has 0 amide bonds. The van der Waals surface area contributed by atoms with Crippen LogP contribution in [-0.2, 0) is 0 Å². The van der Waals surface area contributed by atoms with E-state index in [2.05, 4.69) is 34.7 Å². The van der Waals surface area contributed by atoms with Crippen molar-refractivity contribution in [1.82, 2.24) is 4.90 Å². The van der Waals surface area contributed by atoms with Gasteiger partial charge in [0.25, 0.3) is 0 Å². The van der Waals surface area contributed by atoms with Crippen LogP contribution in [0.3, 0.4) is 0 Å². The molecule has 1 saturated heterocycles. The van der Waals surface area contributed by atoms with Crippen molar-refractivity contribution in [3.63, 3.8) is 0 Å². The van der Waals surface area contributed by atoms with Gasteiger partial charge in [0.1, 0.15) is 5.82 Å². The number of nitrogens with two attached hydrogens (primary N) is 1. The first kappa shape index (κ1) is 14.0. The fourth-order valence-corrected chi connectivity index (χ4v) is 3.51. The molecule has 1 atom stereocenters. The lowest BCUT2D eigenvalue weighted by atomic mass is 9.97. The molecule has 1 aliphatic heterocycles. The molecular weight excluding hydrogens is 295 g/mol. The van der Waals surface area contributed by atoms with Gasteiger partial charge in [-0.05, 0) is 50.9 Å². The Morgan fingerprint density at radius 3 is 2.72 bits per heavy atom. The minimum atomic E-state index is -0.220. The van der Waals surface area contributed by atoms with E-state index < -0.39 is 0 Å². The van der Waals surface area contributed by atoms with Crippen molar-refractivity contribution in [3.8, 4) is 0 Å². The zero-order chi connectivity index (χ0) is 13.3. The highest BCUT2D eigenvalue weighted by Gasteiger charge is 2.37. The maximum absolute atomic E-state index is 13.2. The molecule has 0 radical (unpaired) electrons. The van der Waals surface area contributed by atoms with Crippen LogP contribution in [0.2, 0.25) is 0 Å². The number of rotatable bonds is 3. The van der Waals surface area contributed by atoms with E-state index in [-0.39, 0.29) is 17.4 Å². The van der Waals surface area contributed by atoms with Gasteiger partial charge in [0.15, 0.2) is 0 Å². The third-order valence-corrected chi connectivity index (χ3v) is 4.57. The second kappa shape index (κ2) is 5.27. The summed E-state index contributed by atoms with van der Waals surface area (Å²) in [5, 5.41) is 0. The van der Waals surface area contributed by atoms with Crippen LogP contribution in [0.1, 0.15) is 38.3 Å². The molecule has 1 aliphatic rings. The molecule has 18 heavy (non-hydrogen) atoms. The molecule has 1 fully saturated rings. The van der Waals surface area contributed by atoms with Crippen LogP contribution in [0.15, 0.2) is 22.7 Å². The first-order valence-electron chi connectivity index (χ1n) is 6.37. The molecule has 0 aromatic heterocycles. The third kappa shape index (κ3) is 2.60. The van der Waals surface area contributed by atoms with Crippen LogP contribution < -0.4 is 5.73 Å². The van der Waals surface area contributed by atoms with Crippen molar-refractivity contribution in [3.05, 3.63) is 34.1 Å². The van der Waals surface area contributed by atoms with E-state index in [1.807, 2.05) is 6.07 Å². The lowest BCUT2D eigenvalue weighted by Gasteiger charge is -2.38. The van der Waals surface area contributed by atoms with Crippen molar-refractivity contribution in [1.29, 1.82) is 0 Å². The summed E-state index contributed by atoms with van der Waals surface area (Å²) in [5.74, 6) is -0.220. The molecule has 0 saturated carbocycles. The van der Waals surface area contributed by atoms with E-state index in [1.165, 1.54) is 25.0 Å². The fourth-order valence-electron chi connectivity index (χ4n) is 2.90. The molecule has 100 valence electrons. The Kier molecular flexibility index (Phi) is 4.09. The molecule has 2 nitrogen and oxygen atoms in total. The molecule has 1 unspecified atom stereocenters. The van der Waals surface area contributed by atoms with Gasteiger partial charge in [-0.15, -0.1) is 0 Å². The standard InChI is InChI=1S/C14H20BrFN2/c1-14(2)6-3-7-18(14)13(9-17)11-5-4-10(16)8-12(11)15/h4-5,8,13H,3,6-7,9,17H2,1-2H3. The zero-order valence-electron chi connectivity index (χ0n) is 10.9. The average Bonchev–Trinajstić information content (AvgIpc) is 2.63. The Morgan fingerprint density at radius 2 is 2.22 bits per heavy atom. The number of benzene rings is 1. The summed E-state index contributed by atoms with van der Waals surface area (Å²) in [6.45, 7) is 6.10. The molecular formula is C14H20BrFN2. The number of hydrogen-bond acceptors (Lipinski definition) is 2. The van der Waals surface area contributed by atoms with E-state index in [0.717, 1.165) is 16.6 Å². The minimum absolute atomic E-state index is 0.150. The number of hydrogen-bond donors (Lipinski definition) is 1. The molecule has 0 spiro atoms. The van der Waals surface area contributed by atoms with Gasteiger partial charge in [0.05, 0.1) is 0 Å². The van der Waals surface area contributed by atoms with Crippen LogP contribution in [0.5, 0.6) is 0 Å². The third-order valence-electron chi connectivity index (χ3n) is 3.89. The number of nitrogens with zero attached hydrogens (tertiary/aromatic N) is 1. The summed E-state index contributed by atoms with van der Waals surface area (Å²) in [7, 11) is 0. The van der Waals surface area contributed by atoms with E-state index in [9.17, 15) is 4.39 Å². The topological polar surface area (TPSA) is 29.3 Å². The van der Waals surface area contributed by atoms with Gasteiger partial charge in [0.2, 0.25) is 0 Å². The van der Waals surface area contributed by atoms with Crippen LogP contribution >= 0.6 is 15.9 Å². The normalized spacial score (nSPS) is 21.2. The van der Waals surface area contributed by atoms with Crippen molar-refractivity contribution in [2.45, 2.75) is 38.3 Å². The first-order valence-corrected chi connectivity index (χ1v) is 7.17. The van der Waals surface area contributed by atoms with Gasteiger partial charge in [-0.25, -0.2) is 4.39 Å². The SMILES string of the molecule is CC1(C)CCCN1C(CN)c1ccc(F)cc1Br. The van der Waals surface area contributed by atoms with Crippen molar-refractivity contribution in [2.75, 3.05) is 13.1 Å². The predicted octanol–water partition coefficient (Wildman–Crippen LogP) is 3.46. The predicted molar refractivity (Wildman–Crippen MR) is 75.9 cm³/mol. The van der Waals surface area contributed by atoms with E-state index in [0.29, 0.717) is 6.54 Å². The smallest absolute Gasteiger partial charge is 0.124 e. The number of halogens is 2. The van der Waals surface area contributed by atoms with Crippen molar-refractivity contribution >= 4 is 15.9 Å². The molecule has 0 aliphatic carbocycles. The Bertz CT molecular complexity index is 434. The van der Waals surface area contributed by atoms with E-state index in [4.69, 9.17) is 5.73 Å². The lowest BCUT2D eigenvalue weighted by Crippen LogP contribution is -2.43. The Labute approximate surface area is 116 Å². The summed E-state index contributed by atoms with van der Waals surface area (Å²) in [6.07, 6.45) is 2.38. The summed E-state index contributed by atoms with van der Waals surface area (Å²) >= 11 is 3.45. The summed E-state index contributed by atoms with van der Waals surface area (Å²) in [4.78, 5) is 2.44. The van der Waals surface area contributed by atoms with Crippen LogP contribution in [0.4, 0.5) is 4.39 Å². The van der Waals surface area contributed by atoms with Crippen molar-refractivity contribution < 1.29 is 4.39 Å². The monoisotopic (exact) mass is 314 g/mol. The zero-order valence-corrected chi connectivity index (χ0v) is 12.5. The molecule has 1 aromatic carbocycles. The first-order chi connectivity index (χ1) is 8.45. The summed E-state index contributed by atoms with van der Waals surface area (Å²) < 4.78 is 14.0. The highest BCUT2D eigenvalue weighted by atomic mass is 79.9. The van der Waals surface area contributed by atoms with Gasteiger partial charge in [-0.1, -0.05) is 22.0 Å². The second-order valence-corrected chi connectivity index (χ2v) is 6.38. The summed E-state index contributed by atoms with van der Waals surface area (Å²) in [5.41, 5.74) is 7.20. The highest BCUT2D eigenvalue weighted by molar-refractivity contribution is 9.10. The van der Waals surface area contributed by atoms with Crippen LogP contribution in [0, 0.1) is 5.82 Å².